The summed E-state index contributed by atoms with van der Waals surface area (Å²) in [5, 5.41) is 0. The summed E-state index contributed by atoms with van der Waals surface area (Å²) in [5.41, 5.74) is 0. The lowest BCUT2D eigenvalue weighted by Crippen LogP contribution is -1.80. The minimum absolute atomic E-state index is 0.921. The molecule has 0 aliphatic heterocycles. The molecular weight excluding hydrogens is 152 g/mol. The topological polar surface area (TPSA) is 0 Å². The van der Waals surface area contributed by atoms with E-state index in [9.17, 15) is 0 Å². The molecule has 0 aromatic carbocycles. The summed E-state index contributed by atoms with van der Waals surface area (Å²) in [7, 11) is 0. The summed E-state index contributed by atoms with van der Waals surface area (Å²) in [6, 6.07) is 0. The molecule has 0 amide bonds. The molecule has 0 atom stereocenters. The molecule has 0 aliphatic carbocycles. The van der Waals surface area contributed by atoms with Crippen molar-refractivity contribution in [1.29, 1.82) is 0 Å². The first-order valence-corrected chi connectivity index (χ1v) is 5.01. The SMILES string of the molecule is C#CCCCCCCCC[S]. The van der Waals surface area contributed by atoms with Crippen LogP contribution in [-0.4, -0.2) is 5.75 Å². The highest BCUT2D eigenvalue weighted by molar-refractivity contribution is 7.80. The van der Waals surface area contributed by atoms with Gasteiger partial charge in [-0.1, -0.05) is 38.3 Å². The zero-order valence-corrected chi connectivity index (χ0v) is 7.96. The van der Waals surface area contributed by atoms with E-state index < -0.39 is 0 Å². The Balaban J connectivity index is 2.75. The van der Waals surface area contributed by atoms with E-state index in [-0.39, 0.29) is 0 Å². The zero-order valence-electron chi connectivity index (χ0n) is 7.14. The molecule has 0 aliphatic rings. The standard InChI is InChI=1S/C10H17S/c1-2-3-4-5-6-7-8-9-10-11/h1H,3-10H2. The van der Waals surface area contributed by atoms with Crippen LogP contribution in [0.4, 0.5) is 0 Å². The summed E-state index contributed by atoms with van der Waals surface area (Å²) in [4.78, 5) is 0. The summed E-state index contributed by atoms with van der Waals surface area (Å²) < 4.78 is 0. The van der Waals surface area contributed by atoms with Gasteiger partial charge in [-0.25, -0.2) is 0 Å². The summed E-state index contributed by atoms with van der Waals surface area (Å²) in [6.07, 6.45) is 13.7. The van der Waals surface area contributed by atoms with Crippen molar-refractivity contribution < 1.29 is 0 Å². The van der Waals surface area contributed by atoms with E-state index in [4.69, 9.17) is 19.1 Å². The monoisotopic (exact) mass is 169 g/mol. The Morgan fingerprint density at radius 1 is 0.909 bits per heavy atom. The third-order valence-electron chi connectivity index (χ3n) is 1.72. The van der Waals surface area contributed by atoms with Gasteiger partial charge in [-0.2, -0.15) is 0 Å². The van der Waals surface area contributed by atoms with Gasteiger partial charge >= 0.3 is 0 Å². The lowest BCUT2D eigenvalue weighted by atomic mass is 10.1. The fraction of sp³-hybridized carbons (Fsp3) is 0.800. The smallest absolute Gasteiger partial charge is 0.00860 e. The highest BCUT2D eigenvalue weighted by atomic mass is 32.1. The van der Waals surface area contributed by atoms with Gasteiger partial charge in [-0.05, 0) is 12.8 Å². The molecule has 1 radical (unpaired) electrons. The molecule has 0 saturated carbocycles. The minimum Gasteiger partial charge on any atom is -0.120 e. The van der Waals surface area contributed by atoms with Gasteiger partial charge in [0.1, 0.15) is 0 Å². The maximum atomic E-state index is 5.13. The number of unbranched alkanes of at least 4 members (excludes halogenated alkanes) is 6. The van der Waals surface area contributed by atoms with Crippen molar-refractivity contribution in [3.63, 3.8) is 0 Å². The second-order valence-electron chi connectivity index (χ2n) is 2.78. The van der Waals surface area contributed by atoms with Crippen molar-refractivity contribution >= 4 is 12.6 Å². The van der Waals surface area contributed by atoms with Gasteiger partial charge in [-0.3, -0.25) is 0 Å². The highest BCUT2D eigenvalue weighted by Crippen LogP contribution is 2.06. The molecule has 11 heavy (non-hydrogen) atoms. The lowest BCUT2D eigenvalue weighted by molar-refractivity contribution is 0.616. The first-order chi connectivity index (χ1) is 5.41. The van der Waals surface area contributed by atoms with Crippen molar-refractivity contribution in [2.45, 2.75) is 44.9 Å². The Labute approximate surface area is 76.2 Å². The first kappa shape index (κ1) is 10.9. The van der Waals surface area contributed by atoms with E-state index in [0.717, 1.165) is 12.2 Å². The number of terminal acetylenes is 1. The van der Waals surface area contributed by atoms with Crippen LogP contribution >= 0.6 is 12.6 Å². The predicted molar refractivity (Wildman–Crippen MR) is 53.6 cm³/mol. The van der Waals surface area contributed by atoms with Crippen LogP contribution in [0.3, 0.4) is 0 Å². The number of rotatable bonds is 7. The molecule has 0 fully saturated rings. The zero-order chi connectivity index (χ0) is 8.36. The number of hydrogen-bond donors (Lipinski definition) is 0. The molecule has 0 heterocycles. The molecule has 0 aromatic heterocycles. The molecule has 0 aromatic rings. The van der Waals surface area contributed by atoms with Gasteiger partial charge in [-0.15, -0.1) is 12.3 Å². The Kier molecular flexibility index (Phi) is 9.83. The van der Waals surface area contributed by atoms with Crippen molar-refractivity contribution in [3.8, 4) is 12.3 Å². The van der Waals surface area contributed by atoms with Gasteiger partial charge in [0.25, 0.3) is 0 Å². The molecule has 63 valence electrons. The molecular formula is C10H17S. The summed E-state index contributed by atoms with van der Waals surface area (Å²) >= 11 is 4.85. The average molecular weight is 169 g/mol. The number of hydrogen-bond acceptors (Lipinski definition) is 0. The van der Waals surface area contributed by atoms with Crippen molar-refractivity contribution in [3.05, 3.63) is 0 Å². The van der Waals surface area contributed by atoms with E-state index in [1.54, 1.807) is 0 Å². The predicted octanol–water partition coefficient (Wildman–Crippen LogP) is 3.55. The highest BCUT2D eigenvalue weighted by Gasteiger charge is 1.88. The van der Waals surface area contributed by atoms with Gasteiger partial charge in [0.05, 0.1) is 0 Å². The average Bonchev–Trinajstić information content (AvgIpc) is 2.03. The largest absolute Gasteiger partial charge is 0.120 e. The fourth-order valence-corrected chi connectivity index (χ4v) is 1.24. The molecule has 0 bridgehead atoms. The summed E-state index contributed by atoms with van der Waals surface area (Å²) in [5.74, 6) is 3.57. The second-order valence-corrected chi connectivity index (χ2v) is 3.19. The first-order valence-electron chi connectivity index (χ1n) is 4.43. The second kappa shape index (κ2) is 9.91. The third-order valence-corrected chi connectivity index (χ3v) is 2.00. The van der Waals surface area contributed by atoms with Crippen molar-refractivity contribution in [2.24, 2.45) is 0 Å². The van der Waals surface area contributed by atoms with E-state index in [0.29, 0.717) is 0 Å². The Morgan fingerprint density at radius 2 is 1.45 bits per heavy atom. The molecule has 0 unspecified atom stereocenters. The molecule has 0 nitrogen and oxygen atoms in total. The summed E-state index contributed by atoms with van der Waals surface area (Å²) in [6.45, 7) is 0. The van der Waals surface area contributed by atoms with Crippen LogP contribution < -0.4 is 0 Å². The Morgan fingerprint density at radius 3 is 2.00 bits per heavy atom. The fourth-order valence-electron chi connectivity index (χ4n) is 1.04. The van der Waals surface area contributed by atoms with Crippen LogP contribution in [0, 0.1) is 12.3 Å². The quantitative estimate of drug-likeness (QED) is 0.404. The maximum Gasteiger partial charge on any atom is 0.00860 e. The Hall–Kier alpha value is -0.0900. The van der Waals surface area contributed by atoms with Gasteiger partial charge in [0, 0.05) is 12.2 Å². The Bertz CT molecular complexity index is 102. The van der Waals surface area contributed by atoms with Crippen LogP contribution in [0.25, 0.3) is 0 Å². The van der Waals surface area contributed by atoms with Crippen molar-refractivity contribution in [1.82, 2.24) is 0 Å². The van der Waals surface area contributed by atoms with Crippen LogP contribution in [0.5, 0.6) is 0 Å². The van der Waals surface area contributed by atoms with Crippen molar-refractivity contribution in [2.75, 3.05) is 5.75 Å². The van der Waals surface area contributed by atoms with Crippen LogP contribution in [-0.2, 0) is 0 Å². The van der Waals surface area contributed by atoms with E-state index >= 15 is 0 Å². The van der Waals surface area contributed by atoms with Crippen LogP contribution in [0.15, 0.2) is 0 Å². The van der Waals surface area contributed by atoms with E-state index in [2.05, 4.69) is 5.92 Å². The van der Waals surface area contributed by atoms with Crippen LogP contribution in [0.2, 0.25) is 0 Å². The van der Waals surface area contributed by atoms with E-state index in [1.165, 1.54) is 38.5 Å². The minimum atomic E-state index is 0.921. The maximum absolute atomic E-state index is 5.13. The van der Waals surface area contributed by atoms with Gasteiger partial charge in [0.15, 0.2) is 0 Å². The molecule has 0 saturated heterocycles. The molecule has 1 heteroatoms. The molecule has 0 rings (SSSR count). The van der Waals surface area contributed by atoms with Gasteiger partial charge in [0.2, 0.25) is 0 Å². The van der Waals surface area contributed by atoms with E-state index in [1.807, 2.05) is 0 Å². The lowest BCUT2D eigenvalue weighted by Gasteiger charge is -1.97. The van der Waals surface area contributed by atoms with Crippen LogP contribution in [0.1, 0.15) is 44.9 Å². The third kappa shape index (κ3) is 9.91. The normalized spacial score (nSPS) is 9.45. The molecule has 0 N–H and O–H groups in total. The molecule has 0 spiro atoms. The van der Waals surface area contributed by atoms with Gasteiger partial charge < -0.3 is 0 Å².